The van der Waals surface area contributed by atoms with E-state index in [9.17, 15) is 4.79 Å². The fourth-order valence-electron chi connectivity index (χ4n) is 5.35. The Labute approximate surface area is 117 Å². The van der Waals surface area contributed by atoms with Gasteiger partial charge in [0.05, 0.1) is 0 Å². The number of hydrogen-bond acceptors (Lipinski definition) is 1. The van der Waals surface area contributed by atoms with Crippen LogP contribution in [0.1, 0.15) is 24.0 Å². The van der Waals surface area contributed by atoms with Gasteiger partial charge in [0.1, 0.15) is 5.78 Å². The average Bonchev–Trinajstić information content (AvgIpc) is 2.81. The van der Waals surface area contributed by atoms with Gasteiger partial charge >= 0.3 is 0 Å². The fraction of sp³-hybridized carbons (Fsp3) is 0.316. The minimum atomic E-state index is 0.388. The van der Waals surface area contributed by atoms with Gasteiger partial charge in [0, 0.05) is 11.8 Å². The molecule has 0 heterocycles. The van der Waals surface area contributed by atoms with E-state index in [0.717, 1.165) is 12.8 Å². The Morgan fingerprint density at radius 2 is 1.35 bits per heavy atom. The Balaban J connectivity index is 1.57. The predicted octanol–water partition coefficient (Wildman–Crippen LogP) is 3.81. The van der Waals surface area contributed by atoms with E-state index in [1.165, 1.54) is 27.5 Å². The van der Waals surface area contributed by atoms with Crippen LogP contribution in [0.2, 0.25) is 0 Å². The number of benzene rings is 2. The molecule has 0 amide bonds. The highest BCUT2D eigenvalue weighted by atomic mass is 16.1. The van der Waals surface area contributed by atoms with Gasteiger partial charge in [0.15, 0.2) is 0 Å². The molecule has 4 atom stereocenters. The van der Waals surface area contributed by atoms with Crippen LogP contribution in [-0.4, -0.2) is 5.78 Å². The van der Waals surface area contributed by atoms with E-state index < -0.39 is 0 Å². The lowest BCUT2D eigenvalue weighted by atomic mass is 9.92. The Morgan fingerprint density at radius 3 is 1.85 bits per heavy atom. The van der Waals surface area contributed by atoms with Gasteiger partial charge in [-0.3, -0.25) is 4.79 Å². The monoisotopic (exact) mass is 258 g/mol. The molecule has 0 saturated heterocycles. The maximum absolute atomic E-state index is 12.0. The molecule has 0 N–H and O–H groups in total. The molecule has 0 spiro atoms. The van der Waals surface area contributed by atoms with E-state index in [-0.39, 0.29) is 0 Å². The second-order valence-electron chi connectivity index (χ2n) is 6.88. The number of rotatable bonds is 0. The fourth-order valence-corrected chi connectivity index (χ4v) is 5.35. The van der Waals surface area contributed by atoms with Crippen molar-refractivity contribution < 1.29 is 4.79 Å². The molecule has 5 aliphatic rings. The van der Waals surface area contributed by atoms with Crippen molar-refractivity contribution in [3.63, 3.8) is 0 Å². The number of carbonyl (C=O) groups excluding carboxylic acids is 1. The molecule has 0 aromatic heterocycles. The van der Waals surface area contributed by atoms with Crippen LogP contribution in [0.15, 0.2) is 42.0 Å². The van der Waals surface area contributed by atoms with Crippen LogP contribution < -0.4 is 0 Å². The molecule has 0 aliphatic heterocycles. The standard InChI is InChI=1S/C19H14O/c20-19-15-7-13-16(19)8-14(15)18(13)17-11-5-9-3-1-2-4-10(9)6-12(11)17/h1-6,13-16H,7-8H2. The molecule has 4 unspecified atom stereocenters. The lowest BCUT2D eigenvalue weighted by molar-refractivity contribution is -0.122. The third-order valence-corrected chi connectivity index (χ3v) is 6.17. The van der Waals surface area contributed by atoms with Crippen molar-refractivity contribution in [2.75, 3.05) is 0 Å². The number of Topliss-reactive ketones (excluding diaryl/α,β-unsaturated/α-hetero) is 1. The number of hydrogen-bond donors (Lipinski definition) is 0. The lowest BCUT2D eigenvalue weighted by Crippen LogP contribution is -2.14. The zero-order valence-corrected chi connectivity index (χ0v) is 11.1. The van der Waals surface area contributed by atoms with E-state index in [2.05, 4.69) is 36.4 Å². The van der Waals surface area contributed by atoms with Crippen molar-refractivity contribution in [3.8, 4) is 0 Å². The second kappa shape index (κ2) is 2.90. The van der Waals surface area contributed by atoms with Crippen LogP contribution in [-0.2, 0) is 4.79 Å². The van der Waals surface area contributed by atoms with Gasteiger partial charge < -0.3 is 0 Å². The largest absolute Gasteiger partial charge is 0.299 e. The summed E-state index contributed by atoms with van der Waals surface area (Å²) in [4.78, 5) is 12.0. The Hall–Kier alpha value is -1.89. The molecule has 0 radical (unpaired) electrons. The van der Waals surface area contributed by atoms with Crippen molar-refractivity contribution in [2.45, 2.75) is 12.8 Å². The van der Waals surface area contributed by atoms with E-state index in [0.29, 0.717) is 29.5 Å². The first kappa shape index (κ1) is 9.93. The van der Waals surface area contributed by atoms with Crippen molar-refractivity contribution >= 4 is 22.1 Å². The summed E-state index contributed by atoms with van der Waals surface area (Å²) in [6.07, 6.45) is 2.31. The van der Waals surface area contributed by atoms with Crippen molar-refractivity contribution in [3.05, 3.63) is 53.1 Å². The summed E-state index contributed by atoms with van der Waals surface area (Å²) in [6, 6.07) is 13.3. The van der Waals surface area contributed by atoms with Crippen molar-refractivity contribution in [1.82, 2.24) is 0 Å². The highest BCUT2D eigenvalue weighted by Gasteiger charge is 2.63. The number of carbonyl (C=O) groups is 1. The van der Waals surface area contributed by atoms with Crippen LogP contribution in [0.5, 0.6) is 0 Å². The maximum Gasteiger partial charge on any atom is 0.140 e. The van der Waals surface area contributed by atoms with E-state index in [1.54, 1.807) is 5.57 Å². The molecule has 96 valence electrons. The molecule has 5 aliphatic carbocycles. The van der Waals surface area contributed by atoms with Gasteiger partial charge in [-0.1, -0.05) is 29.8 Å². The normalized spacial score (nSPS) is 35.5. The van der Waals surface area contributed by atoms with Crippen molar-refractivity contribution in [2.24, 2.45) is 23.7 Å². The molecule has 1 nitrogen and oxygen atoms in total. The smallest absolute Gasteiger partial charge is 0.140 e. The zero-order chi connectivity index (χ0) is 13.0. The topological polar surface area (TPSA) is 17.1 Å². The Bertz CT molecular complexity index is 791. The average molecular weight is 258 g/mol. The van der Waals surface area contributed by atoms with Crippen LogP contribution in [0, 0.1) is 23.7 Å². The number of ketones is 1. The molecular formula is C19H14O. The third kappa shape index (κ3) is 0.923. The van der Waals surface area contributed by atoms with E-state index >= 15 is 0 Å². The quantitative estimate of drug-likeness (QED) is 0.599. The van der Waals surface area contributed by atoms with Crippen LogP contribution in [0.3, 0.4) is 0 Å². The highest BCUT2D eigenvalue weighted by Crippen LogP contribution is 2.68. The van der Waals surface area contributed by atoms with Crippen LogP contribution in [0.4, 0.5) is 0 Å². The minimum absolute atomic E-state index is 0.388. The second-order valence-corrected chi connectivity index (χ2v) is 6.88. The summed E-state index contributed by atoms with van der Waals surface area (Å²) in [7, 11) is 0. The van der Waals surface area contributed by atoms with E-state index in [4.69, 9.17) is 0 Å². The summed E-state index contributed by atoms with van der Waals surface area (Å²) in [6.45, 7) is 0. The molecule has 20 heavy (non-hydrogen) atoms. The Kier molecular flexibility index (Phi) is 1.44. The maximum atomic E-state index is 12.0. The molecule has 7 rings (SSSR count). The summed E-state index contributed by atoms with van der Waals surface area (Å²) >= 11 is 0. The Morgan fingerprint density at radius 1 is 0.800 bits per heavy atom. The molecule has 2 aromatic carbocycles. The first-order valence-corrected chi connectivity index (χ1v) is 7.64. The molecule has 1 heteroatoms. The third-order valence-electron chi connectivity index (χ3n) is 6.17. The summed E-state index contributed by atoms with van der Waals surface area (Å²) in [5.41, 5.74) is 6.12. The van der Waals surface area contributed by atoms with Gasteiger partial charge in [-0.15, -0.1) is 0 Å². The van der Waals surface area contributed by atoms with Gasteiger partial charge in [-0.25, -0.2) is 0 Å². The van der Waals surface area contributed by atoms with Gasteiger partial charge in [0.25, 0.3) is 0 Å². The summed E-state index contributed by atoms with van der Waals surface area (Å²) in [5, 5.41) is 2.68. The van der Waals surface area contributed by atoms with Crippen LogP contribution >= 0.6 is 0 Å². The number of allylic oxidation sites excluding steroid dienone is 1. The molecule has 4 saturated carbocycles. The summed E-state index contributed by atoms with van der Waals surface area (Å²) in [5.74, 6) is 2.56. The summed E-state index contributed by atoms with van der Waals surface area (Å²) < 4.78 is 0. The van der Waals surface area contributed by atoms with Crippen LogP contribution in [0.25, 0.3) is 16.3 Å². The first-order chi connectivity index (χ1) is 9.83. The molecule has 4 fully saturated rings. The van der Waals surface area contributed by atoms with Crippen molar-refractivity contribution in [1.29, 1.82) is 0 Å². The lowest BCUT2D eigenvalue weighted by Gasteiger charge is -2.11. The predicted molar refractivity (Wildman–Crippen MR) is 78.2 cm³/mol. The van der Waals surface area contributed by atoms with Gasteiger partial charge in [0.2, 0.25) is 0 Å². The SMILES string of the molecule is O=C1C2CC3C(=C4c5cc6ccccc6cc54)C2CC13. The highest BCUT2D eigenvalue weighted by molar-refractivity contribution is 6.09. The van der Waals surface area contributed by atoms with E-state index in [1.807, 2.05) is 0 Å². The van der Waals surface area contributed by atoms with Gasteiger partial charge in [-0.2, -0.15) is 0 Å². The minimum Gasteiger partial charge on any atom is -0.299 e. The first-order valence-electron chi connectivity index (χ1n) is 7.64. The molecule has 4 bridgehead atoms. The zero-order valence-electron chi connectivity index (χ0n) is 11.1. The molecule has 2 aromatic rings. The number of fused-ring (bicyclic) bond motifs is 2. The molecular weight excluding hydrogens is 244 g/mol. The van der Waals surface area contributed by atoms with Gasteiger partial charge in [-0.05, 0) is 64.3 Å².